The van der Waals surface area contributed by atoms with Gasteiger partial charge in [0.25, 0.3) is 0 Å². The molecule has 0 amide bonds. The molecule has 0 aliphatic carbocycles. The van der Waals surface area contributed by atoms with Gasteiger partial charge in [-0.25, -0.2) is 21.6 Å². The third kappa shape index (κ3) is 3.01. The highest BCUT2D eigenvalue weighted by molar-refractivity contribution is 7.99. The number of benzene rings is 1. The Kier molecular flexibility index (Phi) is 4.49. The van der Waals surface area contributed by atoms with E-state index in [-0.39, 0.29) is 24.4 Å². The maximum atomic E-state index is 13.7. The maximum Gasteiger partial charge on any atom is 0.322 e. The van der Waals surface area contributed by atoms with Gasteiger partial charge in [-0.05, 0) is 0 Å². The van der Waals surface area contributed by atoms with E-state index in [1.165, 1.54) is 11.8 Å². The van der Waals surface area contributed by atoms with Gasteiger partial charge < -0.3 is 5.11 Å². The van der Waals surface area contributed by atoms with Crippen molar-refractivity contribution in [2.75, 3.05) is 18.1 Å². The molecule has 10 heteroatoms. The zero-order chi connectivity index (χ0) is 15.8. The minimum Gasteiger partial charge on any atom is -0.480 e. The molecule has 1 fully saturated rings. The Balaban J connectivity index is 2.53. The molecule has 1 N–H and O–H groups in total. The molecular weight excluding hydrogens is 331 g/mol. The highest BCUT2D eigenvalue weighted by Crippen LogP contribution is 2.28. The van der Waals surface area contributed by atoms with Gasteiger partial charge in [-0.15, -0.1) is 0 Å². The van der Waals surface area contributed by atoms with Gasteiger partial charge in [0.15, 0.2) is 4.90 Å². The molecule has 1 aliphatic heterocycles. The summed E-state index contributed by atoms with van der Waals surface area (Å²) in [5.74, 6) is -5.57. The van der Waals surface area contributed by atoms with Crippen molar-refractivity contribution in [1.82, 2.24) is 4.31 Å². The lowest BCUT2D eigenvalue weighted by Gasteiger charge is -2.31. The minimum atomic E-state index is -4.71. The second kappa shape index (κ2) is 5.85. The second-order valence-corrected chi connectivity index (χ2v) is 7.22. The van der Waals surface area contributed by atoms with Crippen LogP contribution in [0.25, 0.3) is 0 Å². The molecule has 5 nitrogen and oxygen atoms in total. The van der Waals surface area contributed by atoms with Crippen LogP contribution in [0.4, 0.5) is 13.2 Å². The van der Waals surface area contributed by atoms with E-state index in [1.54, 1.807) is 0 Å². The summed E-state index contributed by atoms with van der Waals surface area (Å²) in [6.07, 6.45) is 0. The lowest BCUT2D eigenvalue weighted by molar-refractivity contribution is -0.140. The largest absolute Gasteiger partial charge is 0.480 e. The van der Waals surface area contributed by atoms with Crippen LogP contribution in [0.2, 0.25) is 0 Å². The highest BCUT2D eigenvalue weighted by atomic mass is 32.2. The number of carboxylic acids is 1. The first kappa shape index (κ1) is 16.1. The van der Waals surface area contributed by atoms with Crippen molar-refractivity contribution in [3.05, 3.63) is 29.6 Å². The van der Waals surface area contributed by atoms with Crippen molar-refractivity contribution in [3.8, 4) is 0 Å². The third-order valence-corrected chi connectivity index (χ3v) is 5.88. The average molecular weight is 341 g/mol. The van der Waals surface area contributed by atoms with Gasteiger partial charge in [0.1, 0.15) is 23.5 Å². The molecule has 0 aromatic heterocycles. The number of hydrogen-bond donors (Lipinski definition) is 1. The fraction of sp³-hybridized carbons (Fsp3) is 0.364. The number of carboxylic acid groups (broad SMARTS) is 1. The first-order valence-electron chi connectivity index (χ1n) is 5.72. The lowest BCUT2D eigenvalue weighted by Crippen LogP contribution is -2.50. The molecule has 1 atom stereocenters. The molecule has 1 aromatic carbocycles. The fourth-order valence-electron chi connectivity index (χ4n) is 1.96. The van der Waals surface area contributed by atoms with Crippen LogP contribution >= 0.6 is 11.8 Å². The summed E-state index contributed by atoms with van der Waals surface area (Å²) in [4.78, 5) is 9.77. The smallest absolute Gasteiger partial charge is 0.322 e. The summed E-state index contributed by atoms with van der Waals surface area (Å²) in [5.41, 5.74) is 0. The summed E-state index contributed by atoms with van der Waals surface area (Å²) in [6, 6.07) is -0.938. The summed E-state index contributed by atoms with van der Waals surface area (Å²) in [7, 11) is -4.71. The number of hydrogen-bond acceptors (Lipinski definition) is 4. The van der Waals surface area contributed by atoms with E-state index in [0.717, 1.165) is 0 Å². The molecular formula is C11H10F3NO4S2. The SMILES string of the molecule is O=C(O)C1CSCCN1S(=O)(=O)c1c(F)cc(F)cc1F. The van der Waals surface area contributed by atoms with E-state index in [2.05, 4.69) is 0 Å². The molecule has 1 unspecified atom stereocenters. The predicted molar refractivity (Wildman–Crippen MR) is 69.0 cm³/mol. The van der Waals surface area contributed by atoms with Crippen LogP contribution in [0.15, 0.2) is 17.0 Å². The fourth-order valence-corrected chi connectivity index (χ4v) is 4.89. The van der Waals surface area contributed by atoms with E-state index >= 15 is 0 Å². The van der Waals surface area contributed by atoms with E-state index in [1.807, 2.05) is 0 Å². The maximum absolute atomic E-state index is 13.7. The molecule has 1 aliphatic rings. The molecule has 1 aromatic rings. The summed E-state index contributed by atoms with van der Waals surface area (Å²) in [6.45, 7) is -0.194. The van der Waals surface area contributed by atoms with Crippen molar-refractivity contribution in [2.24, 2.45) is 0 Å². The summed E-state index contributed by atoms with van der Waals surface area (Å²) < 4.78 is 65.3. The lowest BCUT2D eigenvalue weighted by atomic mass is 10.3. The Hall–Kier alpha value is -1.26. The quantitative estimate of drug-likeness (QED) is 0.897. The number of thioether (sulfide) groups is 1. The molecule has 0 spiro atoms. The van der Waals surface area contributed by atoms with Gasteiger partial charge in [0, 0.05) is 30.2 Å². The Bertz CT molecular complexity index is 657. The molecule has 2 rings (SSSR count). The topological polar surface area (TPSA) is 74.7 Å². The van der Waals surface area contributed by atoms with Crippen LogP contribution in [-0.4, -0.2) is 47.9 Å². The summed E-state index contributed by atoms with van der Waals surface area (Å²) >= 11 is 1.22. The van der Waals surface area contributed by atoms with Gasteiger partial charge in [-0.1, -0.05) is 0 Å². The zero-order valence-corrected chi connectivity index (χ0v) is 12.1. The van der Waals surface area contributed by atoms with Crippen LogP contribution in [0.3, 0.4) is 0 Å². The molecule has 116 valence electrons. The Morgan fingerprint density at radius 2 is 1.86 bits per heavy atom. The normalized spacial score (nSPS) is 20.4. The van der Waals surface area contributed by atoms with Crippen molar-refractivity contribution in [3.63, 3.8) is 0 Å². The monoisotopic (exact) mass is 341 g/mol. The number of rotatable bonds is 3. The van der Waals surface area contributed by atoms with Crippen molar-refractivity contribution in [2.45, 2.75) is 10.9 Å². The van der Waals surface area contributed by atoms with E-state index in [9.17, 15) is 26.4 Å². The molecule has 1 saturated heterocycles. The van der Waals surface area contributed by atoms with Crippen LogP contribution in [0, 0.1) is 17.5 Å². The molecule has 1 heterocycles. The average Bonchev–Trinajstić information content (AvgIpc) is 2.37. The number of carbonyl (C=O) groups is 1. The van der Waals surface area contributed by atoms with Gasteiger partial charge in [-0.3, -0.25) is 4.79 Å². The van der Waals surface area contributed by atoms with Gasteiger partial charge >= 0.3 is 5.97 Å². The third-order valence-electron chi connectivity index (χ3n) is 2.89. The number of aliphatic carboxylic acids is 1. The molecule has 0 radical (unpaired) electrons. The highest BCUT2D eigenvalue weighted by Gasteiger charge is 2.40. The van der Waals surface area contributed by atoms with Crippen LogP contribution in [0.5, 0.6) is 0 Å². The van der Waals surface area contributed by atoms with Crippen LogP contribution in [-0.2, 0) is 14.8 Å². The molecule has 21 heavy (non-hydrogen) atoms. The minimum absolute atomic E-state index is 0.0288. The number of sulfonamides is 1. The molecule has 0 bridgehead atoms. The van der Waals surface area contributed by atoms with Crippen LogP contribution < -0.4 is 0 Å². The van der Waals surface area contributed by atoms with Crippen molar-refractivity contribution < 1.29 is 31.5 Å². The Morgan fingerprint density at radius 1 is 1.29 bits per heavy atom. The van der Waals surface area contributed by atoms with E-state index in [4.69, 9.17) is 5.11 Å². The van der Waals surface area contributed by atoms with Gasteiger partial charge in [-0.2, -0.15) is 16.1 Å². The number of halogens is 3. The summed E-state index contributed by atoms with van der Waals surface area (Å²) in [5, 5.41) is 9.03. The Morgan fingerprint density at radius 3 is 2.38 bits per heavy atom. The second-order valence-electron chi connectivity index (χ2n) is 4.24. The zero-order valence-electron chi connectivity index (χ0n) is 10.4. The van der Waals surface area contributed by atoms with Gasteiger partial charge in [0.05, 0.1) is 0 Å². The van der Waals surface area contributed by atoms with E-state index < -0.39 is 44.4 Å². The number of nitrogens with zero attached hydrogens (tertiary/aromatic N) is 1. The molecule has 0 saturated carbocycles. The predicted octanol–water partition coefficient (Wildman–Crippen LogP) is 1.29. The van der Waals surface area contributed by atoms with E-state index in [0.29, 0.717) is 10.1 Å². The van der Waals surface area contributed by atoms with Crippen LogP contribution in [0.1, 0.15) is 0 Å². The standard InChI is InChI=1S/C11H10F3NO4S2/c12-6-3-7(13)10(8(14)4-6)21(18,19)15-1-2-20-5-9(15)11(16)17/h3-4,9H,1-2,5H2,(H,16,17). The van der Waals surface area contributed by atoms with Crippen molar-refractivity contribution in [1.29, 1.82) is 0 Å². The van der Waals surface area contributed by atoms with Crippen molar-refractivity contribution >= 4 is 27.8 Å². The van der Waals surface area contributed by atoms with Gasteiger partial charge in [0.2, 0.25) is 10.0 Å². The first-order chi connectivity index (χ1) is 9.75. The Labute approximate surface area is 122 Å². The first-order valence-corrected chi connectivity index (χ1v) is 8.31.